The van der Waals surface area contributed by atoms with Crippen molar-refractivity contribution in [2.75, 3.05) is 11.4 Å². The lowest BCUT2D eigenvalue weighted by molar-refractivity contribution is -0.132. The minimum atomic E-state index is -0.621. The second-order valence-corrected chi connectivity index (χ2v) is 7.32. The molecule has 0 spiro atoms. The number of benzene rings is 2. The van der Waals surface area contributed by atoms with Crippen molar-refractivity contribution >= 4 is 33.4 Å². The first-order valence-electron chi connectivity index (χ1n) is 8.40. The molecule has 0 radical (unpaired) electrons. The van der Waals surface area contributed by atoms with Crippen molar-refractivity contribution in [2.45, 2.75) is 26.3 Å². The molecule has 1 N–H and O–H groups in total. The lowest BCUT2D eigenvalue weighted by Gasteiger charge is -2.20. The average Bonchev–Trinajstić information content (AvgIpc) is 2.99. The summed E-state index contributed by atoms with van der Waals surface area (Å²) < 4.78 is 0.923. The normalized spacial score (nSPS) is 18.3. The molecule has 0 aliphatic carbocycles. The van der Waals surface area contributed by atoms with Gasteiger partial charge in [0.1, 0.15) is 5.92 Å². The van der Waals surface area contributed by atoms with Gasteiger partial charge in [-0.15, -0.1) is 0 Å². The maximum Gasteiger partial charge on any atom is 0.239 e. The molecule has 0 unspecified atom stereocenters. The molecular formula is C20H21BrN2O2. The molecule has 1 aliphatic rings. The Labute approximate surface area is 156 Å². The van der Waals surface area contributed by atoms with Crippen molar-refractivity contribution in [3.8, 4) is 0 Å². The highest BCUT2D eigenvalue weighted by molar-refractivity contribution is 9.10. The van der Waals surface area contributed by atoms with Crippen LogP contribution < -0.4 is 10.2 Å². The summed E-state index contributed by atoms with van der Waals surface area (Å²) in [6.45, 7) is 4.47. The second kappa shape index (κ2) is 7.40. The fraction of sp³-hybridized carbons (Fsp3) is 0.300. The van der Waals surface area contributed by atoms with E-state index in [4.69, 9.17) is 0 Å². The van der Waals surface area contributed by atoms with Crippen LogP contribution in [0.1, 0.15) is 30.5 Å². The third-order valence-corrected chi connectivity index (χ3v) is 5.14. The average molecular weight is 401 g/mol. The number of hydrogen-bond donors (Lipinski definition) is 1. The van der Waals surface area contributed by atoms with Crippen LogP contribution in [0, 0.1) is 12.8 Å². The summed E-state index contributed by atoms with van der Waals surface area (Å²) in [6.07, 6.45) is 0.540. The summed E-state index contributed by atoms with van der Waals surface area (Å²) in [5.74, 6) is -0.944. The number of rotatable bonds is 4. The van der Waals surface area contributed by atoms with Gasteiger partial charge in [-0.05, 0) is 43.5 Å². The van der Waals surface area contributed by atoms with Crippen LogP contribution in [0.5, 0.6) is 0 Å². The Morgan fingerprint density at radius 3 is 2.68 bits per heavy atom. The number of amides is 2. The predicted octanol–water partition coefficient (Wildman–Crippen LogP) is 3.99. The summed E-state index contributed by atoms with van der Waals surface area (Å²) in [4.78, 5) is 27.1. The van der Waals surface area contributed by atoms with E-state index in [1.165, 1.54) is 0 Å². The van der Waals surface area contributed by atoms with E-state index >= 15 is 0 Å². The zero-order valence-corrected chi connectivity index (χ0v) is 15.9. The number of hydrogen-bond acceptors (Lipinski definition) is 2. The van der Waals surface area contributed by atoms with E-state index in [0.717, 1.165) is 21.3 Å². The quantitative estimate of drug-likeness (QED) is 0.788. The number of carbonyl (C=O) groups excluding carboxylic acids is 2. The van der Waals surface area contributed by atoms with Crippen molar-refractivity contribution in [1.29, 1.82) is 0 Å². The summed E-state index contributed by atoms with van der Waals surface area (Å²) >= 11 is 3.45. The molecule has 0 saturated carbocycles. The van der Waals surface area contributed by atoms with Gasteiger partial charge in [0.25, 0.3) is 0 Å². The van der Waals surface area contributed by atoms with Gasteiger partial charge in [-0.2, -0.15) is 0 Å². The lowest BCUT2D eigenvalue weighted by atomic mass is 10.0. The summed E-state index contributed by atoms with van der Waals surface area (Å²) in [7, 11) is 0. The van der Waals surface area contributed by atoms with E-state index < -0.39 is 5.92 Å². The number of carbonyl (C=O) groups is 2. The maximum absolute atomic E-state index is 12.8. The molecule has 1 fully saturated rings. The largest absolute Gasteiger partial charge is 0.349 e. The molecule has 0 bridgehead atoms. The van der Waals surface area contributed by atoms with Crippen LogP contribution in [-0.4, -0.2) is 18.4 Å². The van der Waals surface area contributed by atoms with Crippen LogP contribution in [0.25, 0.3) is 0 Å². The molecule has 25 heavy (non-hydrogen) atoms. The maximum atomic E-state index is 12.8. The zero-order valence-electron chi connectivity index (χ0n) is 14.3. The third kappa shape index (κ3) is 3.76. The highest BCUT2D eigenvalue weighted by Gasteiger charge is 2.38. The van der Waals surface area contributed by atoms with E-state index in [0.29, 0.717) is 13.0 Å². The Morgan fingerprint density at radius 2 is 1.96 bits per heavy atom. The SMILES string of the molecule is Cc1ccc(Br)cc1N1CC[C@@H](C(=O)N[C@@H](C)c2ccccc2)C1=O. The molecule has 2 aromatic rings. The molecule has 4 nitrogen and oxygen atoms in total. The number of nitrogens with one attached hydrogen (secondary N) is 1. The fourth-order valence-corrected chi connectivity index (χ4v) is 3.52. The second-order valence-electron chi connectivity index (χ2n) is 6.40. The Balaban J connectivity index is 1.71. The van der Waals surface area contributed by atoms with Gasteiger partial charge in [-0.1, -0.05) is 52.3 Å². The minimum Gasteiger partial charge on any atom is -0.349 e. The van der Waals surface area contributed by atoms with E-state index in [2.05, 4.69) is 21.2 Å². The Kier molecular flexibility index (Phi) is 5.23. The number of aryl methyl sites for hydroxylation is 1. The van der Waals surface area contributed by atoms with Gasteiger partial charge in [-0.25, -0.2) is 0 Å². The van der Waals surface area contributed by atoms with E-state index in [1.807, 2.05) is 62.4 Å². The molecule has 3 rings (SSSR count). The highest BCUT2D eigenvalue weighted by atomic mass is 79.9. The highest BCUT2D eigenvalue weighted by Crippen LogP contribution is 2.30. The van der Waals surface area contributed by atoms with Gasteiger partial charge < -0.3 is 10.2 Å². The third-order valence-electron chi connectivity index (χ3n) is 4.64. The number of anilines is 1. The van der Waals surface area contributed by atoms with Crippen LogP contribution in [0.15, 0.2) is 53.0 Å². The van der Waals surface area contributed by atoms with E-state index in [9.17, 15) is 9.59 Å². The van der Waals surface area contributed by atoms with Gasteiger partial charge >= 0.3 is 0 Å². The molecule has 130 valence electrons. The molecule has 0 aromatic heterocycles. The van der Waals surface area contributed by atoms with Gasteiger partial charge in [0.15, 0.2) is 0 Å². The number of halogens is 1. The lowest BCUT2D eigenvalue weighted by Crippen LogP contribution is -2.38. The first kappa shape index (κ1) is 17.7. The predicted molar refractivity (Wildman–Crippen MR) is 102 cm³/mol. The first-order valence-corrected chi connectivity index (χ1v) is 9.19. The van der Waals surface area contributed by atoms with Crippen molar-refractivity contribution in [3.63, 3.8) is 0 Å². The molecule has 1 aliphatic heterocycles. The molecule has 1 heterocycles. The first-order chi connectivity index (χ1) is 12.0. The van der Waals surface area contributed by atoms with Gasteiger partial charge in [-0.3, -0.25) is 9.59 Å². The zero-order chi connectivity index (χ0) is 18.0. The van der Waals surface area contributed by atoms with Crippen molar-refractivity contribution < 1.29 is 9.59 Å². The van der Waals surface area contributed by atoms with E-state index in [-0.39, 0.29) is 17.9 Å². The van der Waals surface area contributed by atoms with Crippen LogP contribution in [-0.2, 0) is 9.59 Å². The van der Waals surface area contributed by atoms with Crippen LogP contribution in [0.2, 0.25) is 0 Å². The Hall–Kier alpha value is -2.14. The fourth-order valence-electron chi connectivity index (χ4n) is 3.17. The minimum absolute atomic E-state index is 0.122. The summed E-state index contributed by atoms with van der Waals surface area (Å²) in [5.41, 5.74) is 2.92. The molecule has 2 amide bonds. The Morgan fingerprint density at radius 1 is 1.24 bits per heavy atom. The van der Waals surface area contributed by atoms with Crippen LogP contribution >= 0.6 is 15.9 Å². The smallest absolute Gasteiger partial charge is 0.239 e. The van der Waals surface area contributed by atoms with Gasteiger partial charge in [0.05, 0.1) is 6.04 Å². The van der Waals surface area contributed by atoms with Crippen LogP contribution in [0.3, 0.4) is 0 Å². The molecule has 1 saturated heterocycles. The monoisotopic (exact) mass is 400 g/mol. The van der Waals surface area contributed by atoms with Crippen LogP contribution in [0.4, 0.5) is 5.69 Å². The standard InChI is InChI=1S/C20H21BrN2O2/c1-13-8-9-16(21)12-18(13)23-11-10-17(20(23)25)19(24)22-14(2)15-6-4-3-5-7-15/h3-9,12,14,17H,10-11H2,1-2H3,(H,22,24)/t14-,17-/m0/s1. The number of nitrogens with zero attached hydrogens (tertiary/aromatic N) is 1. The van der Waals surface area contributed by atoms with E-state index in [1.54, 1.807) is 4.90 Å². The van der Waals surface area contributed by atoms with Gasteiger partial charge in [0.2, 0.25) is 11.8 Å². The van der Waals surface area contributed by atoms with Gasteiger partial charge in [0, 0.05) is 16.7 Å². The van der Waals surface area contributed by atoms with Crippen molar-refractivity contribution in [2.24, 2.45) is 5.92 Å². The molecular weight excluding hydrogens is 380 g/mol. The molecule has 2 atom stereocenters. The summed E-state index contributed by atoms with van der Waals surface area (Å²) in [6, 6.07) is 15.5. The summed E-state index contributed by atoms with van der Waals surface area (Å²) in [5, 5.41) is 2.97. The van der Waals surface area contributed by atoms with Crippen molar-refractivity contribution in [3.05, 3.63) is 64.1 Å². The topological polar surface area (TPSA) is 49.4 Å². The Bertz CT molecular complexity index is 792. The molecule has 5 heteroatoms. The van der Waals surface area contributed by atoms with Crippen molar-refractivity contribution in [1.82, 2.24) is 5.32 Å². The molecule has 2 aromatic carbocycles.